The molecule has 1 aromatic heterocycles. The third-order valence-electron chi connectivity index (χ3n) is 5.25. The predicted octanol–water partition coefficient (Wildman–Crippen LogP) is 4.51. The number of carbonyl (C=O) groups excluding carboxylic acids is 1. The second-order valence-electron chi connectivity index (χ2n) is 6.98. The van der Waals surface area contributed by atoms with E-state index in [1.54, 1.807) is 18.2 Å². The van der Waals surface area contributed by atoms with E-state index in [0.717, 1.165) is 24.5 Å². The lowest BCUT2D eigenvalue weighted by Gasteiger charge is -2.16. The van der Waals surface area contributed by atoms with Crippen molar-refractivity contribution in [3.8, 4) is 0 Å². The molecule has 1 fully saturated rings. The van der Waals surface area contributed by atoms with Crippen molar-refractivity contribution >= 4 is 28.4 Å². The molecule has 138 valence electrons. The molecule has 2 heterocycles. The number of fused-ring (bicyclic) bond motifs is 1. The Morgan fingerprint density at radius 1 is 1.19 bits per heavy atom. The maximum Gasteiger partial charge on any atom is 0.192 e. The molecule has 0 amide bonds. The summed E-state index contributed by atoms with van der Waals surface area (Å²) in [5.74, 6) is 0.459. The quantitative estimate of drug-likeness (QED) is 0.610. The molecule has 0 bridgehead atoms. The topological polar surface area (TPSA) is 50.5 Å². The third-order valence-corrected chi connectivity index (χ3v) is 5.60. The van der Waals surface area contributed by atoms with Crippen molar-refractivity contribution in [2.24, 2.45) is 0 Å². The molecular formula is C22H20ClNO3. The highest BCUT2D eigenvalue weighted by Crippen LogP contribution is 2.31. The van der Waals surface area contributed by atoms with Gasteiger partial charge in [0.1, 0.15) is 5.58 Å². The van der Waals surface area contributed by atoms with Crippen LogP contribution in [0, 0.1) is 0 Å². The molecule has 1 saturated heterocycles. The highest BCUT2D eigenvalue weighted by atomic mass is 35.5. The molecule has 3 aromatic rings. The molecule has 4 nitrogen and oxygen atoms in total. The zero-order valence-electron chi connectivity index (χ0n) is 14.9. The first-order chi connectivity index (χ1) is 13.1. The summed E-state index contributed by atoms with van der Waals surface area (Å²) in [6.45, 7) is 2.59. The molecule has 0 N–H and O–H groups in total. The van der Waals surface area contributed by atoms with Crippen molar-refractivity contribution in [2.75, 3.05) is 19.6 Å². The van der Waals surface area contributed by atoms with E-state index in [1.807, 2.05) is 18.2 Å². The fourth-order valence-corrected chi connectivity index (χ4v) is 4.05. The molecule has 0 saturated carbocycles. The largest absolute Gasteiger partial charge is 0.464 e. The van der Waals surface area contributed by atoms with Crippen LogP contribution < -0.4 is 5.43 Å². The summed E-state index contributed by atoms with van der Waals surface area (Å²) < 4.78 is 5.30. The van der Waals surface area contributed by atoms with E-state index in [0.29, 0.717) is 35.4 Å². The Hall–Kier alpha value is -2.43. The van der Waals surface area contributed by atoms with Gasteiger partial charge in [-0.25, -0.2) is 0 Å². The van der Waals surface area contributed by atoms with Gasteiger partial charge in [-0.05, 0) is 48.7 Å². The number of nitrogens with zero attached hydrogens (tertiary/aromatic N) is 1. The number of carbonyl (C=O) groups is 1. The summed E-state index contributed by atoms with van der Waals surface area (Å²) in [7, 11) is 0. The Kier molecular flexibility index (Phi) is 5.10. The molecule has 2 aromatic carbocycles. The van der Waals surface area contributed by atoms with E-state index >= 15 is 0 Å². The summed E-state index contributed by atoms with van der Waals surface area (Å²) in [4.78, 5) is 26.8. The van der Waals surface area contributed by atoms with Gasteiger partial charge in [0.25, 0.3) is 0 Å². The van der Waals surface area contributed by atoms with E-state index in [2.05, 4.69) is 11.0 Å². The van der Waals surface area contributed by atoms with Crippen molar-refractivity contribution in [1.29, 1.82) is 0 Å². The van der Waals surface area contributed by atoms with Crippen LogP contribution in [-0.4, -0.2) is 30.3 Å². The number of ketones is 1. The van der Waals surface area contributed by atoms with Crippen LogP contribution in [0.5, 0.6) is 0 Å². The maximum atomic E-state index is 12.6. The number of hydrogen-bond acceptors (Lipinski definition) is 4. The smallest absolute Gasteiger partial charge is 0.192 e. The van der Waals surface area contributed by atoms with Crippen molar-refractivity contribution in [3.05, 3.63) is 81.2 Å². The minimum atomic E-state index is -0.131. The van der Waals surface area contributed by atoms with Crippen molar-refractivity contribution < 1.29 is 9.21 Å². The van der Waals surface area contributed by atoms with Gasteiger partial charge in [0.05, 0.1) is 11.6 Å². The van der Waals surface area contributed by atoms with Crippen LogP contribution in [0.25, 0.3) is 11.0 Å². The normalized spacial score (nSPS) is 17.4. The lowest BCUT2D eigenvalue weighted by Crippen LogP contribution is -2.23. The number of Topliss-reactive ketones (excluding diaryl/α,β-unsaturated/α-hetero) is 1. The Bertz CT molecular complexity index is 1040. The number of halogens is 1. The Morgan fingerprint density at radius 3 is 2.89 bits per heavy atom. The predicted molar refractivity (Wildman–Crippen MR) is 107 cm³/mol. The molecule has 0 spiro atoms. The Morgan fingerprint density at radius 2 is 2.04 bits per heavy atom. The molecule has 27 heavy (non-hydrogen) atoms. The van der Waals surface area contributed by atoms with E-state index in [4.69, 9.17) is 16.0 Å². The minimum absolute atomic E-state index is 0.0429. The van der Waals surface area contributed by atoms with Gasteiger partial charge in [0, 0.05) is 36.2 Å². The molecular weight excluding hydrogens is 362 g/mol. The third kappa shape index (κ3) is 3.82. The van der Waals surface area contributed by atoms with Gasteiger partial charge >= 0.3 is 0 Å². The molecule has 1 atom stereocenters. The Balaban J connectivity index is 1.39. The molecule has 1 aliphatic rings. The average Bonchev–Trinajstić information content (AvgIpc) is 3.15. The lowest BCUT2D eigenvalue weighted by molar-refractivity contribution is 0.0969. The van der Waals surface area contributed by atoms with Crippen molar-refractivity contribution in [2.45, 2.75) is 18.8 Å². The van der Waals surface area contributed by atoms with Gasteiger partial charge in [-0.1, -0.05) is 29.8 Å². The van der Waals surface area contributed by atoms with Crippen molar-refractivity contribution in [1.82, 2.24) is 4.90 Å². The number of likely N-dealkylation sites (tertiary alicyclic amines) is 1. The number of rotatable bonds is 5. The number of hydrogen-bond donors (Lipinski definition) is 0. The van der Waals surface area contributed by atoms with Crippen LogP contribution in [0.1, 0.15) is 34.7 Å². The molecule has 0 radical (unpaired) electrons. The van der Waals surface area contributed by atoms with Crippen molar-refractivity contribution in [3.63, 3.8) is 0 Å². The summed E-state index contributed by atoms with van der Waals surface area (Å²) in [5.41, 5.74) is 2.12. The van der Waals surface area contributed by atoms with Crippen LogP contribution in [0.4, 0.5) is 0 Å². The van der Waals surface area contributed by atoms with E-state index in [1.165, 1.54) is 17.9 Å². The van der Waals surface area contributed by atoms with Gasteiger partial charge in [0.2, 0.25) is 0 Å². The standard InChI is InChI=1S/C22H20ClNO3/c23-19-4-2-1-3-17(19)16-7-10-24(14-16)11-8-20(25)15-5-6-22-18(13-15)21(26)9-12-27-22/h1-6,9,12-13,16H,7-8,10-11,14H2. The molecule has 5 heteroatoms. The van der Waals surface area contributed by atoms with E-state index in [9.17, 15) is 9.59 Å². The minimum Gasteiger partial charge on any atom is -0.464 e. The van der Waals surface area contributed by atoms with Gasteiger partial charge in [-0.2, -0.15) is 0 Å². The van der Waals surface area contributed by atoms with Crippen LogP contribution in [0.15, 0.2) is 64.0 Å². The SMILES string of the molecule is O=C(CCN1CCC(c2ccccc2Cl)C1)c1ccc2occc(=O)c2c1. The molecule has 4 rings (SSSR count). The molecule has 0 aliphatic carbocycles. The van der Waals surface area contributed by atoms with Crippen LogP contribution in [0.3, 0.4) is 0 Å². The fourth-order valence-electron chi connectivity index (χ4n) is 3.76. The zero-order valence-corrected chi connectivity index (χ0v) is 15.6. The monoisotopic (exact) mass is 381 g/mol. The van der Waals surface area contributed by atoms with Crippen LogP contribution in [-0.2, 0) is 0 Å². The van der Waals surface area contributed by atoms with Gasteiger partial charge < -0.3 is 9.32 Å². The summed E-state index contributed by atoms with van der Waals surface area (Å²) in [6, 6.07) is 14.4. The fraction of sp³-hybridized carbons (Fsp3) is 0.273. The average molecular weight is 382 g/mol. The summed E-state index contributed by atoms with van der Waals surface area (Å²) >= 11 is 6.31. The van der Waals surface area contributed by atoms with Gasteiger partial charge in [-0.3, -0.25) is 9.59 Å². The second-order valence-corrected chi connectivity index (χ2v) is 7.38. The first-order valence-corrected chi connectivity index (χ1v) is 9.51. The van der Waals surface area contributed by atoms with Gasteiger partial charge in [0.15, 0.2) is 11.2 Å². The molecule has 1 aliphatic heterocycles. The Labute approximate surface area is 162 Å². The van der Waals surface area contributed by atoms with E-state index in [-0.39, 0.29) is 11.2 Å². The zero-order chi connectivity index (χ0) is 18.8. The summed E-state index contributed by atoms with van der Waals surface area (Å²) in [5, 5.41) is 1.26. The second kappa shape index (κ2) is 7.67. The highest BCUT2D eigenvalue weighted by Gasteiger charge is 2.25. The highest BCUT2D eigenvalue weighted by molar-refractivity contribution is 6.31. The summed E-state index contributed by atoms with van der Waals surface area (Å²) in [6.07, 6.45) is 2.85. The van der Waals surface area contributed by atoms with Crippen LogP contribution in [0.2, 0.25) is 5.02 Å². The van der Waals surface area contributed by atoms with Gasteiger partial charge in [-0.15, -0.1) is 0 Å². The lowest BCUT2D eigenvalue weighted by atomic mass is 9.98. The number of benzene rings is 2. The van der Waals surface area contributed by atoms with E-state index < -0.39 is 0 Å². The molecule has 1 unspecified atom stereocenters. The first-order valence-electron chi connectivity index (χ1n) is 9.13. The first kappa shape index (κ1) is 18.0. The van der Waals surface area contributed by atoms with Crippen LogP contribution >= 0.6 is 11.6 Å². The maximum absolute atomic E-state index is 12.6.